The second-order valence-electron chi connectivity index (χ2n) is 6.12. The summed E-state index contributed by atoms with van der Waals surface area (Å²) >= 11 is 0. The molecule has 20 heavy (non-hydrogen) atoms. The quantitative estimate of drug-likeness (QED) is 0.719. The topological polar surface area (TPSA) is 55.7 Å². The molecule has 0 saturated carbocycles. The molecule has 0 bridgehead atoms. The van der Waals surface area contributed by atoms with Gasteiger partial charge in [0.05, 0.1) is 0 Å². The number of phenolic OH excluding ortho intramolecular Hbond substituents is 2. The maximum Gasteiger partial charge on any atom is 0.124 e. The van der Waals surface area contributed by atoms with Crippen LogP contribution in [0.4, 0.5) is 0 Å². The molecule has 0 amide bonds. The van der Waals surface area contributed by atoms with Gasteiger partial charge in [-0.05, 0) is 39.4 Å². The van der Waals surface area contributed by atoms with Crippen LogP contribution < -0.4 is 5.32 Å². The van der Waals surface area contributed by atoms with Crippen LogP contribution in [0.15, 0.2) is 18.2 Å². The fourth-order valence-corrected chi connectivity index (χ4v) is 2.34. The molecule has 1 aromatic carbocycles. The molecular formula is C16H28N2O2. The van der Waals surface area contributed by atoms with Crippen molar-refractivity contribution >= 4 is 0 Å². The molecule has 3 N–H and O–H groups in total. The Balaban J connectivity index is 2.62. The van der Waals surface area contributed by atoms with Gasteiger partial charge < -0.3 is 20.4 Å². The fourth-order valence-electron chi connectivity index (χ4n) is 2.34. The summed E-state index contributed by atoms with van der Waals surface area (Å²) in [4.78, 5) is 2.23. The number of nitrogens with zero attached hydrogens (tertiary/aromatic N) is 1. The highest BCUT2D eigenvalue weighted by Gasteiger charge is 2.16. The lowest BCUT2D eigenvalue weighted by atomic mass is 10.0. The van der Waals surface area contributed by atoms with Crippen molar-refractivity contribution in [2.75, 3.05) is 20.6 Å². The van der Waals surface area contributed by atoms with Crippen molar-refractivity contribution in [3.63, 3.8) is 0 Å². The summed E-state index contributed by atoms with van der Waals surface area (Å²) in [6.45, 7) is 7.35. The average molecular weight is 280 g/mol. The maximum atomic E-state index is 9.87. The van der Waals surface area contributed by atoms with Crippen molar-refractivity contribution in [2.24, 2.45) is 5.92 Å². The Morgan fingerprint density at radius 3 is 2.30 bits per heavy atom. The predicted octanol–water partition coefficient (Wildman–Crippen LogP) is 2.72. The van der Waals surface area contributed by atoms with Crippen molar-refractivity contribution in [3.05, 3.63) is 23.8 Å². The first kappa shape index (κ1) is 16.8. The van der Waals surface area contributed by atoms with Crippen molar-refractivity contribution in [1.82, 2.24) is 10.2 Å². The largest absolute Gasteiger partial charge is 0.508 e. The van der Waals surface area contributed by atoms with Crippen molar-refractivity contribution in [2.45, 2.75) is 39.3 Å². The van der Waals surface area contributed by atoms with Gasteiger partial charge in [0.1, 0.15) is 11.5 Å². The third-order valence-electron chi connectivity index (χ3n) is 3.61. The van der Waals surface area contributed by atoms with Gasteiger partial charge in [-0.2, -0.15) is 0 Å². The number of aromatic hydroxyl groups is 2. The van der Waals surface area contributed by atoms with Crippen LogP contribution in [-0.4, -0.2) is 41.8 Å². The molecule has 0 radical (unpaired) electrons. The third kappa shape index (κ3) is 5.02. The lowest BCUT2D eigenvalue weighted by Gasteiger charge is -2.28. The van der Waals surface area contributed by atoms with E-state index in [1.807, 2.05) is 6.92 Å². The fraction of sp³-hybridized carbons (Fsp3) is 0.625. The van der Waals surface area contributed by atoms with Crippen molar-refractivity contribution < 1.29 is 10.2 Å². The highest BCUT2D eigenvalue weighted by molar-refractivity contribution is 5.40. The highest BCUT2D eigenvalue weighted by atomic mass is 16.3. The number of hydrogen-bond acceptors (Lipinski definition) is 4. The molecule has 0 aliphatic heterocycles. The minimum absolute atomic E-state index is 0.0465. The van der Waals surface area contributed by atoms with Gasteiger partial charge in [-0.3, -0.25) is 0 Å². The molecule has 0 heterocycles. The predicted molar refractivity (Wildman–Crippen MR) is 83.1 cm³/mol. The van der Waals surface area contributed by atoms with Crippen LogP contribution in [0.3, 0.4) is 0 Å². The molecule has 4 nitrogen and oxygen atoms in total. The Hall–Kier alpha value is -1.26. The minimum atomic E-state index is 0.0465. The van der Waals surface area contributed by atoms with Gasteiger partial charge in [0.2, 0.25) is 0 Å². The number of benzene rings is 1. The highest BCUT2D eigenvalue weighted by Crippen LogP contribution is 2.27. The van der Waals surface area contributed by atoms with Gasteiger partial charge in [0, 0.05) is 30.3 Å². The first-order chi connectivity index (χ1) is 9.31. The lowest BCUT2D eigenvalue weighted by molar-refractivity contribution is 0.241. The molecule has 0 aliphatic carbocycles. The zero-order valence-corrected chi connectivity index (χ0v) is 13.2. The van der Waals surface area contributed by atoms with E-state index < -0.39 is 0 Å². The summed E-state index contributed by atoms with van der Waals surface area (Å²) in [6, 6.07) is 5.26. The van der Waals surface area contributed by atoms with E-state index in [0.717, 1.165) is 18.5 Å². The number of hydrogen-bond donors (Lipinski definition) is 3. The molecule has 0 aliphatic rings. The Morgan fingerprint density at radius 1 is 1.15 bits per heavy atom. The van der Waals surface area contributed by atoms with E-state index in [1.54, 1.807) is 12.1 Å². The van der Waals surface area contributed by atoms with E-state index in [2.05, 4.69) is 38.2 Å². The minimum Gasteiger partial charge on any atom is -0.508 e. The lowest BCUT2D eigenvalue weighted by Crippen LogP contribution is -2.39. The number of likely N-dealkylation sites (N-methyl/N-ethyl adjacent to an activating group) is 1. The summed E-state index contributed by atoms with van der Waals surface area (Å²) < 4.78 is 0. The van der Waals surface area contributed by atoms with Crippen molar-refractivity contribution in [1.29, 1.82) is 0 Å². The second kappa shape index (κ2) is 7.50. The van der Waals surface area contributed by atoms with Crippen LogP contribution in [0.25, 0.3) is 0 Å². The number of rotatable bonds is 7. The Labute approximate surface area is 122 Å². The first-order valence-electron chi connectivity index (χ1n) is 7.23. The normalized spacial score (nSPS) is 14.8. The molecule has 0 spiro atoms. The van der Waals surface area contributed by atoms with E-state index in [9.17, 15) is 10.2 Å². The van der Waals surface area contributed by atoms with Crippen LogP contribution >= 0.6 is 0 Å². The van der Waals surface area contributed by atoms with E-state index in [1.165, 1.54) is 6.07 Å². The summed E-state index contributed by atoms with van der Waals surface area (Å²) in [6.07, 6.45) is 1.13. The summed E-state index contributed by atoms with van der Waals surface area (Å²) in [5.41, 5.74) is 0.810. The molecule has 0 aromatic heterocycles. The Morgan fingerprint density at radius 2 is 1.80 bits per heavy atom. The average Bonchev–Trinajstić information content (AvgIpc) is 2.33. The third-order valence-corrected chi connectivity index (χ3v) is 3.61. The molecule has 0 saturated heterocycles. The molecule has 4 heteroatoms. The standard InChI is InChI=1S/C16H28N2O2/c1-11(2)8-13(18(4)5)10-17-12(3)15-7-6-14(19)9-16(15)20/h6-7,9,11-13,17,19-20H,8,10H2,1-5H3. The summed E-state index contributed by atoms with van der Waals surface area (Å²) in [5, 5.41) is 22.7. The van der Waals surface area contributed by atoms with Crippen LogP contribution in [0.1, 0.15) is 38.8 Å². The molecule has 1 aromatic rings. The smallest absolute Gasteiger partial charge is 0.124 e. The van der Waals surface area contributed by atoms with E-state index in [0.29, 0.717) is 12.0 Å². The van der Waals surface area contributed by atoms with Crippen molar-refractivity contribution in [3.8, 4) is 11.5 Å². The molecular weight excluding hydrogens is 252 g/mol. The second-order valence-corrected chi connectivity index (χ2v) is 6.12. The van der Waals surface area contributed by atoms with Gasteiger partial charge in [-0.25, -0.2) is 0 Å². The van der Waals surface area contributed by atoms with E-state index >= 15 is 0 Å². The van der Waals surface area contributed by atoms with Gasteiger partial charge in [0.15, 0.2) is 0 Å². The molecule has 2 atom stereocenters. The number of phenols is 2. The Bertz CT molecular complexity index is 419. The molecule has 114 valence electrons. The zero-order chi connectivity index (χ0) is 15.3. The maximum absolute atomic E-state index is 9.87. The summed E-state index contributed by atoms with van der Waals surface area (Å²) in [7, 11) is 4.19. The van der Waals surface area contributed by atoms with Gasteiger partial charge >= 0.3 is 0 Å². The van der Waals surface area contributed by atoms with Gasteiger partial charge in [-0.15, -0.1) is 0 Å². The van der Waals surface area contributed by atoms with E-state index in [-0.39, 0.29) is 17.5 Å². The molecule has 0 fully saturated rings. The van der Waals surface area contributed by atoms with Crippen LogP contribution in [0, 0.1) is 5.92 Å². The molecule has 2 unspecified atom stereocenters. The Kier molecular flexibility index (Phi) is 6.30. The van der Waals surface area contributed by atoms with Gasteiger partial charge in [0.25, 0.3) is 0 Å². The first-order valence-corrected chi connectivity index (χ1v) is 7.23. The van der Waals surface area contributed by atoms with Gasteiger partial charge in [-0.1, -0.05) is 19.9 Å². The van der Waals surface area contributed by atoms with Crippen LogP contribution in [0.2, 0.25) is 0 Å². The van der Waals surface area contributed by atoms with Crippen LogP contribution in [-0.2, 0) is 0 Å². The van der Waals surface area contributed by atoms with E-state index in [4.69, 9.17) is 0 Å². The summed E-state index contributed by atoms with van der Waals surface area (Å²) in [5.74, 6) is 0.876. The number of nitrogens with one attached hydrogen (secondary N) is 1. The SMILES string of the molecule is CC(C)CC(CNC(C)c1ccc(O)cc1O)N(C)C. The monoisotopic (exact) mass is 280 g/mol. The zero-order valence-electron chi connectivity index (χ0n) is 13.2. The molecule has 1 rings (SSSR count). The van der Waals surface area contributed by atoms with Crippen LogP contribution in [0.5, 0.6) is 11.5 Å².